The molecule has 1 fully saturated rings. The molecule has 1 aromatic carbocycles. The lowest BCUT2D eigenvalue weighted by Gasteiger charge is -2.15. The van der Waals surface area contributed by atoms with Crippen molar-refractivity contribution in [2.45, 2.75) is 31.0 Å². The Labute approximate surface area is 132 Å². The van der Waals surface area contributed by atoms with E-state index in [4.69, 9.17) is 4.42 Å². The molecular formula is C15H17N3O3S. The number of amides is 3. The minimum Gasteiger partial charge on any atom is -0.431 e. The number of carbonyl (C=O) groups is 2. The smallest absolute Gasteiger partial charge is 0.325 e. The monoisotopic (exact) mass is 319 g/mol. The Morgan fingerprint density at radius 2 is 2.09 bits per heavy atom. The Bertz CT molecular complexity index is 693. The van der Waals surface area contributed by atoms with Gasteiger partial charge in [-0.15, -0.1) is 0 Å². The van der Waals surface area contributed by atoms with Crippen LogP contribution in [-0.4, -0.2) is 39.7 Å². The quantitative estimate of drug-likeness (QED) is 0.521. The molecule has 1 aromatic heterocycles. The van der Waals surface area contributed by atoms with E-state index in [-0.39, 0.29) is 11.9 Å². The van der Waals surface area contributed by atoms with Gasteiger partial charge in [0.1, 0.15) is 11.1 Å². The zero-order valence-electron chi connectivity index (χ0n) is 12.5. The lowest BCUT2D eigenvalue weighted by atomic mass is 10.1. The van der Waals surface area contributed by atoms with E-state index in [1.165, 1.54) is 16.7 Å². The highest BCUT2D eigenvalue weighted by molar-refractivity contribution is 7.99. The molecule has 1 N–H and O–H groups in total. The lowest BCUT2D eigenvalue weighted by molar-refractivity contribution is -0.130. The van der Waals surface area contributed by atoms with Crippen LogP contribution in [-0.2, 0) is 4.79 Å². The van der Waals surface area contributed by atoms with Crippen molar-refractivity contribution in [2.24, 2.45) is 0 Å². The van der Waals surface area contributed by atoms with Gasteiger partial charge in [-0.25, -0.2) is 9.78 Å². The molecule has 6 nitrogen and oxygen atoms in total. The summed E-state index contributed by atoms with van der Waals surface area (Å²) in [6.07, 6.45) is 0.693. The fourth-order valence-electron chi connectivity index (χ4n) is 2.32. The summed E-state index contributed by atoms with van der Waals surface area (Å²) in [5, 5.41) is 3.28. The van der Waals surface area contributed by atoms with Crippen LogP contribution in [0.5, 0.6) is 0 Å². The minimum atomic E-state index is -0.801. The normalized spacial score (nSPS) is 17.3. The second kappa shape index (κ2) is 5.64. The summed E-state index contributed by atoms with van der Waals surface area (Å²) in [5.41, 5.74) is 0.798. The number of urea groups is 1. The Hall–Kier alpha value is -2.02. The number of rotatable bonds is 5. The van der Waals surface area contributed by atoms with Crippen LogP contribution in [0, 0.1) is 0 Å². The van der Waals surface area contributed by atoms with Crippen molar-refractivity contribution >= 4 is 34.8 Å². The number of imide groups is 1. The fraction of sp³-hybridized carbons (Fsp3) is 0.400. The third-order valence-corrected chi connectivity index (χ3v) is 4.38. The van der Waals surface area contributed by atoms with Crippen molar-refractivity contribution in [3.8, 4) is 0 Å². The molecule has 1 aliphatic rings. The SMILES string of the molecule is CC1(C)NC(=O)N(CCCSc2nc3ccccc3o2)C1=O. The zero-order valence-corrected chi connectivity index (χ0v) is 13.3. The van der Waals surface area contributed by atoms with Crippen LogP contribution in [0.3, 0.4) is 0 Å². The van der Waals surface area contributed by atoms with E-state index in [2.05, 4.69) is 10.3 Å². The topological polar surface area (TPSA) is 75.4 Å². The summed E-state index contributed by atoms with van der Waals surface area (Å²) < 4.78 is 5.61. The number of aromatic nitrogens is 1. The first-order chi connectivity index (χ1) is 10.5. The van der Waals surface area contributed by atoms with Crippen LogP contribution in [0.2, 0.25) is 0 Å². The van der Waals surface area contributed by atoms with E-state index in [0.29, 0.717) is 18.2 Å². The van der Waals surface area contributed by atoms with Gasteiger partial charge in [0, 0.05) is 12.3 Å². The molecule has 1 saturated heterocycles. The molecule has 3 amide bonds. The van der Waals surface area contributed by atoms with Crippen LogP contribution in [0.4, 0.5) is 4.79 Å². The maximum absolute atomic E-state index is 12.0. The molecule has 1 aliphatic heterocycles. The van der Waals surface area contributed by atoms with Gasteiger partial charge in [-0.05, 0) is 32.4 Å². The number of benzene rings is 1. The van der Waals surface area contributed by atoms with Crippen molar-refractivity contribution < 1.29 is 14.0 Å². The highest BCUT2D eigenvalue weighted by atomic mass is 32.2. The van der Waals surface area contributed by atoms with Crippen molar-refractivity contribution in [1.29, 1.82) is 0 Å². The molecule has 0 radical (unpaired) electrons. The molecule has 0 aliphatic carbocycles. The largest absolute Gasteiger partial charge is 0.431 e. The molecule has 116 valence electrons. The third kappa shape index (κ3) is 2.81. The molecule has 0 bridgehead atoms. The summed E-state index contributed by atoms with van der Waals surface area (Å²) in [6.45, 7) is 3.82. The van der Waals surface area contributed by atoms with Gasteiger partial charge in [0.2, 0.25) is 0 Å². The van der Waals surface area contributed by atoms with E-state index in [1.54, 1.807) is 13.8 Å². The minimum absolute atomic E-state index is 0.177. The van der Waals surface area contributed by atoms with Crippen molar-refractivity contribution in [3.63, 3.8) is 0 Å². The number of para-hydroxylation sites is 2. The summed E-state index contributed by atoms with van der Waals surface area (Å²) >= 11 is 1.48. The molecule has 22 heavy (non-hydrogen) atoms. The number of nitrogens with zero attached hydrogens (tertiary/aromatic N) is 2. The molecule has 0 saturated carbocycles. The van der Waals surface area contributed by atoms with Gasteiger partial charge in [0.25, 0.3) is 11.1 Å². The first-order valence-corrected chi connectivity index (χ1v) is 8.08. The molecule has 0 unspecified atom stereocenters. The first kappa shape index (κ1) is 14.9. The summed E-state index contributed by atoms with van der Waals surface area (Å²) in [7, 11) is 0. The predicted octanol–water partition coefficient (Wildman–Crippen LogP) is 2.64. The zero-order chi connectivity index (χ0) is 15.7. The van der Waals surface area contributed by atoms with Crippen LogP contribution in [0.25, 0.3) is 11.1 Å². The van der Waals surface area contributed by atoms with Gasteiger partial charge < -0.3 is 9.73 Å². The van der Waals surface area contributed by atoms with Crippen molar-refractivity contribution in [3.05, 3.63) is 24.3 Å². The maximum Gasteiger partial charge on any atom is 0.325 e. The molecule has 3 rings (SSSR count). The van der Waals surface area contributed by atoms with E-state index in [0.717, 1.165) is 16.9 Å². The second-order valence-electron chi connectivity index (χ2n) is 5.66. The lowest BCUT2D eigenvalue weighted by Crippen LogP contribution is -2.40. The standard InChI is InChI=1S/C15H17N3O3S/c1-15(2)12(19)18(13(20)17-15)8-5-9-22-14-16-10-6-3-4-7-11(10)21-14/h3-4,6-7H,5,8-9H2,1-2H3,(H,17,20). The molecule has 0 atom stereocenters. The molecule has 0 spiro atoms. The number of hydrogen-bond acceptors (Lipinski definition) is 5. The van der Waals surface area contributed by atoms with Gasteiger partial charge in [-0.2, -0.15) is 0 Å². The molecule has 7 heteroatoms. The number of carbonyl (C=O) groups excluding carboxylic acids is 2. The number of nitrogens with one attached hydrogen (secondary N) is 1. The summed E-state index contributed by atoms with van der Waals surface area (Å²) in [5.74, 6) is 0.550. The van der Waals surface area contributed by atoms with Gasteiger partial charge >= 0.3 is 6.03 Å². The number of hydrogen-bond donors (Lipinski definition) is 1. The fourth-order valence-corrected chi connectivity index (χ4v) is 3.08. The van der Waals surface area contributed by atoms with E-state index in [9.17, 15) is 9.59 Å². The average molecular weight is 319 g/mol. The van der Waals surface area contributed by atoms with E-state index >= 15 is 0 Å². The van der Waals surface area contributed by atoms with Gasteiger partial charge in [0.15, 0.2) is 5.58 Å². The Morgan fingerprint density at radius 3 is 2.77 bits per heavy atom. The first-order valence-electron chi connectivity index (χ1n) is 7.10. The summed E-state index contributed by atoms with van der Waals surface area (Å²) in [6, 6.07) is 7.28. The Morgan fingerprint density at radius 1 is 1.32 bits per heavy atom. The number of fused-ring (bicyclic) bond motifs is 1. The van der Waals surface area contributed by atoms with Gasteiger partial charge in [-0.1, -0.05) is 23.9 Å². The number of oxazole rings is 1. The molecular weight excluding hydrogens is 302 g/mol. The number of thioether (sulfide) groups is 1. The van der Waals surface area contributed by atoms with Crippen LogP contribution in [0.1, 0.15) is 20.3 Å². The Kier molecular flexibility index (Phi) is 3.82. The molecule has 2 aromatic rings. The van der Waals surface area contributed by atoms with Crippen LogP contribution < -0.4 is 5.32 Å². The highest BCUT2D eigenvalue weighted by Crippen LogP contribution is 2.24. The molecule has 2 heterocycles. The average Bonchev–Trinajstić information content (AvgIpc) is 2.96. The van der Waals surface area contributed by atoms with Crippen LogP contribution in [0.15, 0.2) is 33.9 Å². The van der Waals surface area contributed by atoms with E-state index in [1.807, 2.05) is 24.3 Å². The van der Waals surface area contributed by atoms with E-state index < -0.39 is 5.54 Å². The van der Waals surface area contributed by atoms with Crippen molar-refractivity contribution in [2.75, 3.05) is 12.3 Å². The Balaban J connectivity index is 1.51. The van der Waals surface area contributed by atoms with Gasteiger partial charge in [0.05, 0.1) is 0 Å². The van der Waals surface area contributed by atoms with Crippen LogP contribution >= 0.6 is 11.8 Å². The predicted molar refractivity (Wildman–Crippen MR) is 83.7 cm³/mol. The second-order valence-corrected chi connectivity index (χ2v) is 6.71. The third-order valence-electron chi connectivity index (χ3n) is 3.47. The maximum atomic E-state index is 12.0. The highest BCUT2D eigenvalue weighted by Gasteiger charge is 2.43. The van der Waals surface area contributed by atoms with Gasteiger partial charge in [-0.3, -0.25) is 9.69 Å². The summed E-state index contributed by atoms with van der Waals surface area (Å²) in [4.78, 5) is 29.4. The van der Waals surface area contributed by atoms with Crippen molar-refractivity contribution in [1.82, 2.24) is 15.2 Å².